The Labute approximate surface area is 187 Å². The molecule has 1 saturated heterocycles. The van der Waals surface area contributed by atoms with Gasteiger partial charge in [0, 0.05) is 36.3 Å². The number of carbonyl (C=O) groups is 1. The Morgan fingerprint density at radius 2 is 1.72 bits per heavy atom. The fourth-order valence-electron chi connectivity index (χ4n) is 5.26. The van der Waals surface area contributed by atoms with E-state index < -0.39 is 0 Å². The van der Waals surface area contributed by atoms with Gasteiger partial charge in [-0.1, -0.05) is 54.6 Å². The lowest BCUT2D eigenvalue weighted by molar-refractivity contribution is 0.0153. The Morgan fingerprint density at radius 3 is 2.59 bits per heavy atom. The van der Waals surface area contributed by atoms with Crippen LogP contribution in [0.25, 0.3) is 21.7 Å². The lowest BCUT2D eigenvalue weighted by Crippen LogP contribution is -2.44. The number of rotatable bonds is 4. The van der Waals surface area contributed by atoms with Crippen molar-refractivity contribution in [1.29, 1.82) is 0 Å². The molecule has 0 aliphatic carbocycles. The SMILES string of the molecule is Cc1c(C(=O)c2cccc3ccccc23)c2cccc3c2n1CC(CN1CCOCC1)O3. The Hall–Kier alpha value is -3.15. The fraction of sp³-hybridized carbons (Fsp3) is 0.296. The number of benzene rings is 3. The van der Waals surface area contributed by atoms with E-state index in [9.17, 15) is 4.79 Å². The first kappa shape index (κ1) is 19.5. The van der Waals surface area contributed by atoms with Crippen molar-refractivity contribution >= 4 is 27.5 Å². The van der Waals surface area contributed by atoms with Gasteiger partial charge in [-0.25, -0.2) is 0 Å². The molecule has 6 rings (SSSR count). The second-order valence-corrected chi connectivity index (χ2v) is 8.73. The van der Waals surface area contributed by atoms with Crippen LogP contribution in [0.5, 0.6) is 5.75 Å². The van der Waals surface area contributed by atoms with Crippen molar-refractivity contribution in [2.24, 2.45) is 0 Å². The van der Waals surface area contributed by atoms with Crippen molar-refractivity contribution in [2.45, 2.75) is 19.6 Å². The van der Waals surface area contributed by atoms with Gasteiger partial charge in [-0.2, -0.15) is 0 Å². The molecule has 1 atom stereocenters. The first-order valence-electron chi connectivity index (χ1n) is 11.3. The molecular weight excluding hydrogens is 400 g/mol. The first-order valence-corrected chi connectivity index (χ1v) is 11.3. The largest absolute Gasteiger partial charge is 0.485 e. The van der Waals surface area contributed by atoms with E-state index in [2.05, 4.69) is 28.5 Å². The van der Waals surface area contributed by atoms with Crippen LogP contribution < -0.4 is 4.74 Å². The highest BCUT2D eigenvalue weighted by Crippen LogP contribution is 2.38. The Morgan fingerprint density at radius 1 is 0.969 bits per heavy atom. The standard InChI is InChI=1S/C27H26N2O3/c1-18-25(27(30)22-9-4-7-19-6-2-3-8-21(19)22)23-10-5-11-24-26(23)29(18)17-20(32-24)16-28-12-14-31-15-13-28/h2-11,20H,12-17H2,1H3. The molecule has 0 N–H and O–H groups in total. The highest BCUT2D eigenvalue weighted by atomic mass is 16.5. The summed E-state index contributed by atoms with van der Waals surface area (Å²) in [5, 5.41) is 3.05. The topological polar surface area (TPSA) is 43.7 Å². The predicted octanol–water partition coefficient (Wildman–Crippen LogP) is 4.43. The molecule has 2 aliphatic heterocycles. The molecule has 5 nitrogen and oxygen atoms in total. The maximum Gasteiger partial charge on any atom is 0.196 e. The molecule has 1 aromatic heterocycles. The lowest BCUT2D eigenvalue weighted by Gasteiger charge is -2.33. The van der Waals surface area contributed by atoms with Crippen LogP contribution in [-0.4, -0.2) is 54.2 Å². The predicted molar refractivity (Wildman–Crippen MR) is 126 cm³/mol. The Balaban J connectivity index is 1.42. The van der Waals surface area contributed by atoms with Crippen molar-refractivity contribution in [3.8, 4) is 5.75 Å². The number of ketones is 1. The smallest absolute Gasteiger partial charge is 0.196 e. The van der Waals surface area contributed by atoms with Gasteiger partial charge in [0.2, 0.25) is 0 Å². The number of carbonyl (C=O) groups excluding carboxylic acids is 1. The molecule has 3 aromatic carbocycles. The molecule has 162 valence electrons. The highest BCUT2D eigenvalue weighted by Gasteiger charge is 2.30. The third-order valence-corrected chi connectivity index (χ3v) is 6.81. The number of hydrogen-bond donors (Lipinski definition) is 0. The average molecular weight is 427 g/mol. The van der Waals surface area contributed by atoms with E-state index in [1.807, 2.05) is 48.5 Å². The monoisotopic (exact) mass is 426 g/mol. The van der Waals surface area contributed by atoms with Gasteiger partial charge in [0.1, 0.15) is 11.9 Å². The van der Waals surface area contributed by atoms with Crippen LogP contribution in [0.4, 0.5) is 0 Å². The number of morpholine rings is 1. The van der Waals surface area contributed by atoms with E-state index in [1.54, 1.807) is 0 Å². The quantitative estimate of drug-likeness (QED) is 0.453. The summed E-state index contributed by atoms with van der Waals surface area (Å²) in [7, 11) is 0. The summed E-state index contributed by atoms with van der Waals surface area (Å²) in [4.78, 5) is 16.3. The van der Waals surface area contributed by atoms with Crippen molar-refractivity contribution in [3.05, 3.63) is 77.5 Å². The minimum absolute atomic E-state index is 0.0535. The lowest BCUT2D eigenvalue weighted by atomic mass is 9.95. The van der Waals surface area contributed by atoms with Gasteiger partial charge in [0.25, 0.3) is 0 Å². The number of hydrogen-bond acceptors (Lipinski definition) is 4. The van der Waals surface area contributed by atoms with Gasteiger partial charge >= 0.3 is 0 Å². The van der Waals surface area contributed by atoms with E-state index in [4.69, 9.17) is 9.47 Å². The molecule has 0 bridgehead atoms. The fourth-order valence-corrected chi connectivity index (χ4v) is 5.26. The van der Waals surface area contributed by atoms with E-state index in [0.29, 0.717) is 0 Å². The summed E-state index contributed by atoms with van der Waals surface area (Å²) in [6.07, 6.45) is 0.0535. The van der Waals surface area contributed by atoms with Crippen molar-refractivity contribution in [2.75, 3.05) is 32.8 Å². The summed E-state index contributed by atoms with van der Waals surface area (Å²) in [6, 6.07) is 20.1. The number of aromatic nitrogens is 1. The Bertz CT molecular complexity index is 1330. The molecule has 0 spiro atoms. The van der Waals surface area contributed by atoms with Crippen molar-refractivity contribution in [1.82, 2.24) is 9.47 Å². The molecule has 1 fully saturated rings. The molecule has 4 aromatic rings. The summed E-state index contributed by atoms with van der Waals surface area (Å²) in [5.74, 6) is 0.943. The van der Waals surface area contributed by atoms with Crippen LogP contribution in [0.2, 0.25) is 0 Å². The zero-order chi connectivity index (χ0) is 21.7. The van der Waals surface area contributed by atoms with Crippen LogP contribution in [0.1, 0.15) is 21.6 Å². The molecule has 32 heavy (non-hydrogen) atoms. The molecule has 0 amide bonds. The molecule has 0 saturated carbocycles. The van der Waals surface area contributed by atoms with Gasteiger partial charge in [0.15, 0.2) is 5.78 Å². The molecular formula is C27H26N2O3. The third-order valence-electron chi connectivity index (χ3n) is 6.81. The maximum absolute atomic E-state index is 13.9. The first-order chi connectivity index (χ1) is 15.7. The van der Waals surface area contributed by atoms with Gasteiger partial charge in [-0.15, -0.1) is 0 Å². The summed E-state index contributed by atoms with van der Waals surface area (Å²) in [5.41, 5.74) is 3.59. The molecule has 5 heteroatoms. The van der Waals surface area contributed by atoms with Gasteiger partial charge < -0.3 is 14.0 Å². The molecule has 0 radical (unpaired) electrons. The number of fused-ring (bicyclic) bond motifs is 1. The summed E-state index contributed by atoms with van der Waals surface area (Å²) in [6.45, 7) is 7.11. The van der Waals surface area contributed by atoms with E-state index in [1.165, 1.54) is 0 Å². The molecule has 3 heterocycles. The van der Waals surface area contributed by atoms with Crippen LogP contribution in [0.15, 0.2) is 60.7 Å². The molecule has 2 aliphatic rings. The van der Waals surface area contributed by atoms with Gasteiger partial charge in [0.05, 0.1) is 30.8 Å². The summed E-state index contributed by atoms with van der Waals surface area (Å²) >= 11 is 0. The minimum atomic E-state index is 0.0535. The number of ether oxygens (including phenoxy) is 2. The number of para-hydroxylation sites is 1. The van der Waals surface area contributed by atoms with Crippen LogP contribution >= 0.6 is 0 Å². The van der Waals surface area contributed by atoms with Crippen molar-refractivity contribution in [3.63, 3.8) is 0 Å². The second-order valence-electron chi connectivity index (χ2n) is 8.73. The van der Waals surface area contributed by atoms with E-state index in [-0.39, 0.29) is 11.9 Å². The van der Waals surface area contributed by atoms with Crippen LogP contribution in [0, 0.1) is 6.92 Å². The van der Waals surface area contributed by atoms with E-state index in [0.717, 1.165) is 83.6 Å². The average Bonchev–Trinajstić information content (AvgIpc) is 3.11. The second kappa shape index (κ2) is 7.76. The van der Waals surface area contributed by atoms with Crippen molar-refractivity contribution < 1.29 is 14.3 Å². The van der Waals surface area contributed by atoms with Crippen LogP contribution in [0.3, 0.4) is 0 Å². The van der Waals surface area contributed by atoms with Gasteiger partial charge in [-0.3, -0.25) is 9.69 Å². The Kier molecular flexibility index (Phi) is 4.74. The normalized spacial score (nSPS) is 18.7. The highest BCUT2D eigenvalue weighted by molar-refractivity contribution is 6.22. The third kappa shape index (κ3) is 3.12. The van der Waals surface area contributed by atoms with E-state index >= 15 is 0 Å². The zero-order valence-corrected chi connectivity index (χ0v) is 18.2. The molecule has 1 unspecified atom stereocenters. The minimum Gasteiger partial charge on any atom is -0.485 e. The maximum atomic E-state index is 13.9. The zero-order valence-electron chi connectivity index (χ0n) is 18.2. The summed E-state index contributed by atoms with van der Waals surface area (Å²) < 4.78 is 14.2. The van der Waals surface area contributed by atoms with Gasteiger partial charge in [-0.05, 0) is 23.8 Å². The van der Waals surface area contributed by atoms with Crippen LogP contribution in [-0.2, 0) is 11.3 Å². The number of nitrogens with zero attached hydrogens (tertiary/aromatic N) is 2.